The van der Waals surface area contributed by atoms with Crippen molar-refractivity contribution >= 4 is 39.3 Å². The molecule has 0 aromatic heterocycles. The summed E-state index contributed by atoms with van der Waals surface area (Å²) in [5.74, 6) is -0.137. The monoisotopic (exact) mass is 371 g/mol. The van der Waals surface area contributed by atoms with E-state index >= 15 is 0 Å². The molecule has 1 amide bonds. The molecule has 0 saturated heterocycles. The minimum absolute atomic E-state index is 0.103. The summed E-state index contributed by atoms with van der Waals surface area (Å²) in [5.41, 5.74) is -0.587. The number of anilines is 1. The number of nitrogens with one attached hydrogen (secondary N) is 1. The van der Waals surface area contributed by atoms with E-state index in [-0.39, 0.29) is 16.5 Å². The lowest BCUT2D eigenvalue weighted by atomic mass is 10.2. The van der Waals surface area contributed by atoms with Crippen molar-refractivity contribution in [1.29, 1.82) is 0 Å². The fourth-order valence-corrected chi connectivity index (χ4v) is 1.84. The van der Waals surface area contributed by atoms with E-state index in [0.29, 0.717) is 4.47 Å². The van der Waals surface area contributed by atoms with Crippen molar-refractivity contribution < 1.29 is 23.0 Å². The predicted molar refractivity (Wildman–Crippen MR) is 75.6 cm³/mol. The van der Waals surface area contributed by atoms with E-state index in [1.165, 1.54) is 12.1 Å². The van der Waals surface area contributed by atoms with E-state index in [1.807, 2.05) is 0 Å². The smallest absolute Gasteiger partial charge is 0.412 e. The van der Waals surface area contributed by atoms with E-state index < -0.39 is 18.3 Å². The Balaban J connectivity index is 2.93. The fourth-order valence-electron chi connectivity index (χ4n) is 1.24. The number of benzene rings is 1. The van der Waals surface area contributed by atoms with E-state index in [4.69, 9.17) is 16.3 Å². The van der Waals surface area contributed by atoms with Gasteiger partial charge in [-0.2, -0.15) is 8.78 Å². The number of amides is 1. The van der Waals surface area contributed by atoms with Gasteiger partial charge >= 0.3 is 12.7 Å². The van der Waals surface area contributed by atoms with Crippen molar-refractivity contribution in [3.05, 3.63) is 21.6 Å². The van der Waals surface area contributed by atoms with Gasteiger partial charge in [0.05, 0.1) is 10.7 Å². The first-order valence-corrected chi connectivity index (χ1v) is 6.69. The fraction of sp³-hybridized carbons (Fsp3) is 0.417. The van der Waals surface area contributed by atoms with Crippen molar-refractivity contribution in [1.82, 2.24) is 0 Å². The lowest BCUT2D eigenvalue weighted by Gasteiger charge is -2.20. The maximum absolute atomic E-state index is 12.2. The Labute approximate surface area is 128 Å². The summed E-state index contributed by atoms with van der Waals surface area (Å²) in [6.45, 7) is 2.11. The summed E-state index contributed by atoms with van der Waals surface area (Å²) in [5, 5.41) is 2.52. The second-order valence-electron chi connectivity index (χ2n) is 4.77. The summed E-state index contributed by atoms with van der Waals surface area (Å²) in [4.78, 5) is 11.6. The van der Waals surface area contributed by atoms with E-state index in [9.17, 15) is 13.6 Å². The molecule has 1 aromatic carbocycles. The Kier molecular flexibility index (Phi) is 5.59. The third-order valence-electron chi connectivity index (χ3n) is 1.86. The molecular weight excluding hydrogens is 359 g/mol. The van der Waals surface area contributed by atoms with Gasteiger partial charge in [-0.05, 0) is 42.8 Å². The van der Waals surface area contributed by atoms with E-state index in [1.54, 1.807) is 20.8 Å². The van der Waals surface area contributed by atoms with Gasteiger partial charge in [0.1, 0.15) is 11.4 Å². The molecule has 20 heavy (non-hydrogen) atoms. The van der Waals surface area contributed by atoms with Crippen LogP contribution < -0.4 is 10.1 Å². The third kappa shape index (κ3) is 5.50. The quantitative estimate of drug-likeness (QED) is 0.807. The molecule has 8 heteroatoms. The zero-order chi connectivity index (χ0) is 15.5. The van der Waals surface area contributed by atoms with Gasteiger partial charge in [-0.1, -0.05) is 11.6 Å². The van der Waals surface area contributed by atoms with Gasteiger partial charge in [0.25, 0.3) is 0 Å². The topological polar surface area (TPSA) is 47.6 Å². The van der Waals surface area contributed by atoms with Crippen LogP contribution in [0.5, 0.6) is 5.75 Å². The molecule has 4 nitrogen and oxygen atoms in total. The van der Waals surface area contributed by atoms with Gasteiger partial charge in [-0.3, -0.25) is 5.32 Å². The number of carbonyl (C=O) groups is 1. The normalized spacial score (nSPS) is 11.4. The minimum atomic E-state index is -2.97. The Bertz CT molecular complexity index is 506. The highest BCUT2D eigenvalue weighted by Crippen LogP contribution is 2.35. The summed E-state index contributed by atoms with van der Waals surface area (Å²) >= 11 is 9.05. The summed E-state index contributed by atoms with van der Waals surface area (Å²) in [6.07, 6.45) is -0.750. The number of carbonyl (C=O) groups excluding carboxylic acids is 1. The van der Waals surface area contributed by atoms with Crippen molar-refractivity contribution in [2.24, 2.45) is 0 Å². The molecule has 0 radical (unpaired) electrons. The van der Waals surface area contributed by atoms with Crippen LogP contribution in [0.1, 0.15) is 20.8 Å². The zero-order valence-corrected chi connectivity index (χ0v) is 13.3. The molecule has 1 rings (SSSR count). The first-order valence-electron chi connectivity index (χ1n) is 5.52. The maximum atomic E-state index is 12.2. The zero-order valence-electron chi connectivity index (χ0n) is 11.0. The number of hydrogen-bond acceptors (Lipinski definition) is 3. The van der Waals surface area contributed by atoms with Crippen LogP contribution in [-0.2, 0) is 4.74 Å². The molecule has 0 heterocycles. The van der Waals surface area contributed by atoms with Gasteiger partial charge in [-0.15, -0.1) is 0 Å². The highest BCUT2D eigenvalue weighted by atomic mass is 79.9. The first-order chi connectivity index (χ1) is 9.08. The third-order valence-corrected chi connectivity index (χ3v) is 3.12. The van der Waals surface area contributed by atoms with Crippen molar-refractivity contribution in [3.63, 3.8) is 0 Å². The Morgan fingerprint density at radius 3 is 2.50 bits per heavy atom. The highest BCUT2D eigenvalue weighted by Gasteiger charge is 2.18. The first kappa shape index (κ1) is 17.0. The predicted octanol–water partition coefficient (Wildman–Crippen LogP) is 5.05. The van der Waals surface area contributed by atoms with Gasteiger partial charge in [0.15, 0.2) is 0 Å². The molecule has 0 aliphatic heterocycles. The highest BCUT2D eigenvalue weighted by molar-refractivity contribution is 9.10. The molecule has 1 N–H and O–H groups in total. The number of halogens is 4. The maximum Gasteiger partial charge on any atom is 0.412 e. The summed E-state index contributed by atoms with van der Waals surface area (Å²) in [6, 6.07) is 2.46. The van der Waals surface area contributed by atoms with E-state index in [2.05, 4.69) is 26.0 Å². The number of rotatable bonds is 3. The number of hydrogen-bond donors (Lipinski definition) is 1. The van der Waals surface area contributed by atoms with Gasteiger partial charge < -0.3 is 9.47 Å². The summed E-state index contributed by atoms with van der Waals surface area (Å²) in [7, 11) is 0. The van der Waals surface area contributed by atoms with Crippen molar-refractivity contribution in [2.45, 2.75) is 33.0 Å². The van der Waals surface area contributed by atoms with Crippen molar-refractivity contribution in [2.75, 3.05) is 5.32 Å². The Hall–Kier alpha value is -1.08. The van der Waals surface area contributed by atoms with Crippen LogP contribution in [0.3, 0.4) is 0 Å². The van der Waals surface area contributed by atoms with E-state index in [0.717, 1.165) is 0 Å². The van der Waals surface area contributed by atoms with Crippen LogP contribution in [-0.4, -0.2) is 18.3 Å². The van der Waals surface area contributed by atoms with Crippen LogP contribution in [0, 0.1) is 0 Å². The molecule has 0 fully saturated rings. The number of ether oxygens (including phenoxy) is 2. The molecule has 0 bridgehead atoms. The molecule has 112 valence electrons. The number of alkyl halides is 2. The summed E-state index contributed by atoms with van der Waals surface area (Å²) < 4.78 is 34.0. The molecule has 0 saturated carbocycles. The second kappa shape index (κ2) is 6.58. The van der Waals surface area contributed by atoms with Crippen molar-refractivity contribution in [3.8, 4) is 5.75 Å². The largest absolute Gasteiger partial charge is 0.444 e. The second-order valence-corrected chi connectivity index (χ2v) is 6.00. The Morgan fingerprint density at radius 1 is 1.40 bits per heavy atom. The SMILES string of the molecule is CC(C)(C)OC(=O)Nc1cc(OC(F)F)cc(Br)c1Cl. The average Bonchev–Trinajstić information content (AvgIpc) is 2.21. The Morgan fingerprint density at radius 2 is 2.00 bits per heavy atom. The van der Waals surface area contributed by atoms with Crippen LogP contribution in [0.25, 0.3) is 0 Å². The lowest BCUT2D eigenvalue weighted by Crippen LogP contribution is -2.27. The lowest BCUT2D eigenvalue weighted by molar-refractivity contribution is -0.0498. The van der Waals surface area contributed by atoms with Gasteiger partial charge in [-0.25, -0.2) is 4.79 Å². The average molecular weight is 373 g/mol. The molecule has 0 unspecified atom stereocenters. The molecular formula is C12H13BrClF2NO3. The molecule has 1 aromatic rings. The molecule has 0 spiro atoms. The standard InChI is InChI=1S/C12H13BrClF2NO3/c1-12(2,3)20-11(18)17-8-5-6(19-10(15)16)4-7(13)9(8)14/h4-5,10H,1-3H3,(H,17,18). The van der Waals surface area contributed by atoms with Crippen LogP contribution in [0.4, 0.5) is 19.3 Å². The van der Waals surface area contributed by atoms with Gasteiger partial charge in [0.2, 0.25) is 0 Å². The molecule has 0 aliphatic carbocycles. The van der Waals surface area contributed by atoms with Crippen LogP contribution >= 0.6 is 27.5 Å². The van der Waals surface area contributed by atoms with Gasteiger partial charge in [0, 0.05) is 10.5 Å². The van der Waals surface area contributed by atoms with Crippen LogP contribution in [0.15, 0.2) is 16.6 Å². The molecule has 0 aliphatic rings. The molecule has 0 atom stereocenters. The minimum Gasteiger partial charge on any atom is -0.444 e. The van der Waals surface area contributed by atoms with Crippen LogP contribution in [0.2, 0.25) is 5.02 Å².